The monoisotopic (exact) mass is 445 g/mol. The van der Waals surface area contributed by atoms with E-state index in [2.05, 4.69) is 0 Å². The Bertz CT molecular complexity index is 1060. The molecule has 0 radical (unpaired) electrons. The van der Waals surface area contributed by atoms with Gasteiger partial charge in [0.2, 0.25) is 0 Å². The smallest absolute Gasteiger partial charge is 0.147 e. The quantitative estimate of drug-likeness (QED) is 0.464. The molecule has 4 rings (SSSR count). The standard InChI is InChI=1S/C24H28FNO6/c1-13(2)31-15-8-6-14(7-9-15)10-26-11-17(16-4-3-5-18(25)20(16)26)24-23(30)22(29)21(28)19(12-27)32-24/h3-9,11,13,19,21-24,27-30H,10,12H2,1-2H3/t19-,21-,22+,23-,24+/m1/s1. The fourth-order valence-corrected chi connectivity index (χ4v) is 4.19. The molecule has 1 aliphatic heterocycles. The molecule has 0 spiro atoms. The maximum atomic E-state index is 14.8. The molecule has 5 atom stereocenters. The molecule has 8 heteroatoms. The number of hydrogen-bond acceptors (Lipinski definition) is 6. The van der Waals surface area contributed by atoms with Gasteiger partial charge in [0.25, 0.3) is 0 Å². The van der Waals surface area contributed by atoms with Gasteiger partial charge in [-0.05, 0) is 37.6 Å². The fourth-order valence-electron chi connectivity index (χ4n) is 4.19. The zero-order chi connectivity index (χ0) is 23.0. The van der Waals surface area contributed by atoms with Crippen molar-refractivity contribution in [1.29, 1.82) is 0 Å². The van der Waals surface area contributed by atoms with Crippen LogP contribution in [0.3, 0.4) is 0 Å². The van der Waals surface area contributed by atoms with Gasteiger partial charge in [-0.2, -0.15) is 0 Å². The minimum Gasteiger partial charge on any atom is -0.491 e. The van der Waals surface area contributed by atoms with Crippen LogP contribution in [0.25, 0.3) is 10.9 Å². The summed E-state index contributed by atoms with van der Waals surface area (Å²) in [5.41, 5.74) is 1.72. The van der Waals surface area contributed by atoms with E-state index >= 15 is 0 Å². The summed E-state index contributed by atoms with van der Waals surface area (Å²) in [6.07, 6.45) is -4.75. The maximum absolute atomic E-state index is 14.8. The van der Waals surface area contributed by atoms with Gasteiger partial charge in [-0.3, -0.25) is 0 Å². The third-order valence-corrected chi connectivity index (χ3v) is 5.73. The van der Waals surface area contributed by atoms with Gasteiger partial charge in [-0.15, -0.1) is 0 Å². The van der Waals surface area contributed by atoms with Gasteiger partial charge in [0.05, 0.1) is 18.2 Å². The van der Waals surface area contributed by atoms with Gasteiger partial charge < -0.3 is 34.5 Å². The molecule has 7 nitrogen and oxygen atoms in total. The Kier molecular flexibility index (Phi) is 6.50. The summed E-state index contributed by atoms with van der Waals surface area (Å²) < 4.78 is 28.0. The van der Waals surface area contributed by atoms with Gasteiger partial charge >= 0.3 is 0 Å². The van der Waals surface area contributed by atoms with Crippen molar-refractivity contribution in [3.63, 3.8) is 0 Å². The Hall–Kier alpha value is -2.49. The average Bonchev–Trinajstić information content (AvgIpc) is 3.13. The first-order chi connectivity index (χ1) is 15.3. The van der Waals surface area contributed by atoms with E-state index in [4.69, 9.17) is 9.47 Å². The molecule has 1 aromatic heterocycles. The number of aliphatic hydroxyl groups is 4. The van der Waals surface area contributed by atoms with Crippen molar-refractivity contribution in [2.45, 2.75) is 57.0 Å². The van der Waals surface area contributed by atoms with E-state index in [0.717, 1.165) is 11.3 Å². The summed E-state index contributed by atoms with van der Waals surface area (Å²) in [5, 5.41) is 40.9. The van der Waals surface area contributed by atoms with Crippen LogP contribution in [0, 0.1) is 5.82 Å². The lowest BCUT2D eigenvalue weighted by molar-refractivity contribution is -0.231. The Morgan fingerprint density at radius 1 is 1.03 bits per heavy atom. The fraction of sp³-hybridized carbons (Fsp3) is 0.417. The molecule has 4 N–H and O–H groups in total. The lowest BCUT2D eigenvalue weighted by Crippen LogP contribution is -2.55. The van der Waals surface area contributed by atoms with Crippen molar-refractivity contribution >= 4 is 10.9 Å². The number of nitrogens with zero attached hydrogens (tertiary/aromatic N) is 1. The Morgan fingerprint density at radius 3 is 2.41 bits per heavy atom. The number of aliphatic hydroxyl groups excluding tert-OH is 4. The second kappa shape index (κ2) is 9.17. The summed E-state index contributed by atoms with van der Waals surface area (Å²) >= 11 is 0. The molecule has 1 aliphatic rings. The van der Waals surface area contributed by atoms with E-state index in [1.54, 1.807) is 22.9 Å². The summed E-state index contributed by atoms with van der Waals surface area (Å²) in [5.74, 6) is 0.312. The molecule has 0 amide bonds. The number of fused-ring (bicyclic) bond motifs is 1. The van der Waals surface area contributed by atoms with Gasteiger partial charge in [0.1, 0.15) is 42.1 Å². The predicted octanol–water partition coefficient (Wildman–Crippen LogP) is 2.13. The van der Waals surface area contributed by atoms with Crippen molar-refractivity contribution in [3.05, 3.63) is 65.6 Å². The van der Waals surface area contributed by atoms with Gasteiger partial charge in [-0.1, -0.05) is 24.3 Å². The molecule has 3 aromatic rings. The number of benzene rings is 2. The number of para-hydroxylation sites is 1. The number of rotatable bonds is 6. The van der Waals surface area contributed by atoms with E-state index in [1.807, 2.05) is 38.1 Å². The highest BCUT2D eigenvalue weighted by Crippen LogP contribution is 2.38. The Morgan fingerprint density at radius 2 is 1.75 bits per heavy atom. The van der Waals surface area contributed by atoms with Crippen molar-refractivity contribution in [2.24, 2.45) is 0 Å². The van der Waals surface area contributed by atoms with E-state index in [0.29, 0.717) is 23.0 Å². The molecule has 1 fully saturated rings. The molecule has 0 saturated carbocycles. The molecule has 172 valence electrons. The number of ether oxygens (including phenoxy) is 2. The van der Waals surface area contributed by atoms with Crippen LogP contribution >= 0.6 is 0 Å². The highest BCUT2D eigenvalue weighted by atomic mass is 19.1. The molecule has 2 aromatic carbocycles. The van der Waals surface area contributed by atoms with Crippen molar-refractivity contribution in [3.8, 4) is 5.75 Å². The lowest BCUT2D eigenvalue weighted by atomic mass is 9.91. The van der Waals surface area contributed by atoms with Crippen molar-refractivity contribution in [1.82, 2.24) is 4.57 Å². The Labute approximate surface area is 185 Å². The normalized spacial score (nSPS) is 26.1. The number of aromatic nitrogens is 1. The molecule has 32 heavy (non-hydrogen) atoms. The van der Waals surface area contributed by atoms with E-state index in [9.17, 15) is 24.8 Å². The van der Waals surface area contributed by atoms with E-state index in [-0.39, 0.29) is 6.10 Å². The van der Waals surface area contributed by atoms with E-state index < -0.39 is 42.9 Å². The largest absolute Gasteiger partial charge is 0.491 e. The molecule has 2 heterocycles. The topological polar surface area (TPSA) is 104 Å². The summed E-state index contributed by atoms with van der Waals surface area (Å²) in [7, 11) is 0. The maximum Gasteiger partial charge on any atom is 0.147 e. The predicted molar refractivity (Wildman–Crippen MR) is 116 cm³/mol. The first-order valence-electron chi connectivity index (χ1n) is 10.6. The molecule has 1 saturated heterocycles. The summed E-state index contributed by atoms with van der Waals surface area (Å²) in [6, 6.07) is 12.1. The van der Waals surface area contributed by atoms with Crippen molar-refractivity contribution < 1.29 is 34.3 Å². The van der Waals surface area contributed by atoms with Crippen LogP contribution in [-0.4, -0.2) is 62.1 Å². The highest BCUT2D eigenvalue weighted by molar-refractivity contribution is 5.85. The van der Waals surface area contributed by atoms with Crippen LogP contribution in [0.4, 0.5) is 4.39 Å². The third kappa shape index (κ3) is 4.24. The molecule has 0 unspecified atom stereocenters. The molecular weight excluding hydrogens is 417 g/mol. The summed E-state index contributed by atoms with van der Waals surface area (Å²) in [4.78, 5) is 0. The van der Waals surface area contributed by atoms with Crippen LogP contribution in [0.1, 0.15) is 31.1 Å². The van der Waals surface area contributed by atoms with Gasteiger partial charge in [0, 0.05) is 23.7 Å². The minimum atomic E-state index is -1.51. The SMILES string of the molecule is CC(C)Oc1ccc(Cn2cc([C@@H]3O[C@H](CO)[C@@H](O)[C@H](O)[C@H]3O)c3cccc(F)c32)cc1. The second-order valence-electron chi connectivity index (χ2n) is 8.41. The average molecular weight is 445 g/mol. The van der Waals surface area contributed by atoms with Crippen LogP contribution in [0.15, 0.2) is 48.7 Å². The van der Waals surface area contributed by atoms with Crippen LogP contribution in [-0.2, 0) is 11.3 Å². The molecular formula is C24H28FNO6. The molecule has 0 aliphatic carbocycles. The van der Waals surface area contributed by atoms with Crippen molar-refractivity contribution in [2.75, 3.05) is 6.61 Å². The first-order valence-corrected chi connectivity index (χ1v) is 10.6. The zero-order valence-electron chi connectivity index (χ0n) is 17.9. The highest BCUT2D eigenvalue weighted by Gasteiger charge is 2.44. The van der Waals surface area contributed by atoms with Crippen LogP contribution in [0.5, 0.6) is 5.75 Å². The Balaban J connectivity index is 1.71. The first kappa shape index (κ1) is 22.7. The van der Waals surface area contributed by atoms with Gasteiger partial charge in [0.15, 0.2) is 0 Å². The third-order valence-electron chi connectivity index (χ3n) is 5.73. The van der Waals surface area contributed by atoms with Gasteiger partial charge in [-0.25, -0.2) is 4.39 Å². The number of halogens is 1. The van der Waals surface area contributed by atoms with E-state index in [1.165, 1.54) is 6.07 Å². The zero-order valence-corrected chi connectivity index (χ0v) is 17.9. The second-order valence-corrected chi connectivity index (χ2v) is 8.41. The van der Waals surface area contributed by atoms with Crippen LogP contribution in [0.2, 0.25) is 0 Å². The molecule has 0 bridgehead atoms. The lowest BCUT2D eigenvalue weighted by Gasteiger charge is -2.40. The number of hydrogen-bond donors (Lipinski definition) is 4. The minimum absolute atomic E-state index is 0.0597. The van der Waals surface area contributed by atoms with Crippen LogP contribution < -0.4 is 4.74 Å². The summed E-state index contributed by atoms with van der Waals surface area (Å²) in [6.45, 7) is 3.72.